The molecule has 0 aliphatic carbocycles. The molecule has 1 rings (SSSR count). The van der Waals surface area contributed by atoms with Crippen LogP contribution in [-0.4, -0.2) is 29.3 Å². The molecule has 0 radical (unpaired) electrons. The van der Waals surface area contributed by atoms with Gasteiger partial charge in [-0.25, -0.2) is 0 Å². The van der Waals surface area contributed by atoms with Crippen molar-refractivity contribution in [1.82, 2.24) is 4.81 Å². The summed E-state index contributed by atoms with van der Waals surface area (Å²) in [5, 5.41) is 0.539. The Bertz CT molecular complexity index is 141. The van der Waals surface area contributed by atoms with Gasteiger partial charge >= 0.3 is 0 Å². The van der Waals surface area contributed by atoms with Gasteiger partial charge in [-0.3, -0.25) is 4.79 Å². The van der Waals surface area contributed by atoms with Gasteiger partial charge in [0.1, 0.15) is 0 Å². The minimum atomic E-state index is 0.171. The predicted molar refractivity (Wildman–Crippen MR) is 41.9 cm³/mol. The molecule has 0 aromatic heterocycles. The maximum atomic E-state index is 11.0. The predicted octanol–water partition coefficient (Wildman–Crippen LogP) is -0.156. The maximum Gasteiger partial charge on any atom is 0.223 e. The molecule has 1 amide bonds. The van der Waals surface area contributed by atoms with Crippen LogP contribution in [0.3, 0.4) is 0 Å². The van der Waals surface area contributed by atoms with E-state index in [1.54, 1.807) is 16.6 Å². The number of nitrogens with zero attached hydrogens (tertiary/aromatic N) is 1. The summed E-state index contributed by atoms with van der Waals surface area (Å²) >= 11 is 1.71. The summed E-state index contributed by atoms with van der Waals surface area (Å²) in [4.78, 5) is 12.8. The van der Waals surface area contributed by atoms with Crippen LogP contribution >= 0.6 is 11.8 Å². The molecule has 0 N–H and O–H groups in total. The molecule has 1 heterocycles. The van der Waals surface area contributed by atoms with Gasteiger partial charge in [0.25, 0.3) is 0 Å². The summed E-state index contributed by atoms with van der Waals surface area (Å²) in [5.41, 5.74) is 0. The Morgan fingerprint density at radius 2 is 2.22 bits per heavy atom. The zero-order valence-corrected chi connectivity index (χ0v) is 6.73. The minimum Gasteiger partial charge on any atom is -0.382 e. The SMILES string of the molecule is BN1C(=O)C(C)SC1C. The van der Waals surface area contributed by atoms with Gasteiger partial charge in [0.05, 0.1) is 10.6 Å². The number of hydrogen-bond donors (Lipinski definition) is 0. The fourth-order valence-electron chi connectivity index (χ4n) is 0.911. The number of amides is 1. The highest BCUT2D eigenvalue weighted by Gasteiger charge is 2.30. The Hall–Kier alpha value is -0.115. The van der Waals surface area contributed by atoms with E-state index >= 15 is 0 Å². The maximum absolute atomic E-state index is 11.0. The lowest BCUT2D eigenvalue weighted by atomic mass is 10.2. The second kappa shape index (κ2) is 2.25. The lowest BCUT2D eigenvalue weighted by molar-refractivity contribution is -0.125. The largest absolute Gasteiger partial charge is 0.382 e. The summed E-state index contributed by atoms with van der Waals surface area (Å²) in [6, 6.07) is 0. The normalized spacial score (nSPS) is 35.8. The van der Waals surface area contributed by atoms with Gasteiger partial charge in [-0.15, -0.1) is 11.8 Å². The van der Waals surface area contributed by atoms with Crippen LogP contribution in [0.4, 0.5) is 0 Å². The Morgan fingerprint density at radius 3 is 2.33 bits per heavy atom. The van der Waals surface area contributed by atoms with E-state index < -0.39 is 0 Å². The summed E-state index contributed by atoms with van der Waals surface area (Å²) in [6.45, 7) is 4.00. The number of hydrogen-bond acceptors (Lipinski definition) is 2. The monoisotopic (exact) mass is 143 g/mol. The topological polar surface area (TPSA) is 20.3 Å². The smallest absolute Gasteiger partial charge is 0.223 e. The van der Waals surface area contributed by atoms with Crippen LogP contribution in [0.25, 0.3) is 0 Å². The first-order valence-corrected chi connectivity index (χ1v) is 3.99. The Labute approximate surface area is 60.4 Å². The summed E-state index contributed by atoms with van der Waals surface area (Å²) < 4.78 is 0. The van der Waals surface area contributed by atoms with Crippen molar-refractivity contribution in [2.45, 2.75) is 24.5 Å². The van der Waals surface area contributed by atoms with E-state index in [0.717, 1.165) is 0 Å². The van der Waals surface area contributed by atoms with Crippen LogP contribution in [0.15, 0.2) is 0 Å². The minimum absolute atomic E-state index is 0.171. The van der Waals surface area contributed by atoms with Crippen molar-refractivity contribution in [2.75, 3.05) is 0 Å². The van der Waals surface area contributed by atoms with E-state index in [4.69, 9.17) is 0 Å². The molecule has 1 aliphatic rings. The zero-order chi connectivity index (χ0) is 7.02. The fourth-order valence-corrected chi connectivity index (χ4v) is 2.07. The third kappa shape index (κ3) is 1.08. The van der Waals surface area contributed by atoms with E-state index in [9.17, 15) is 4.79 Å². The molecule has 0 spiro atoms. The van der Waals surface area contributed by atoms with E-state index in [2.05, 4.69) is 0 Å². The van der Waals surface area contributed by atoms with Crippen molar-refractivity contribution in [3.05, 3.63) is 0 Å². The molecule has 1 aliphatic heterocycles. The third-order valence-corrected chi connectivity index (χ3v) is 2.96. The molecule has 0 aromatic carbocycles. The van der Waals surface area contributed by atoms with E-state index in [1.807, 2.05) is 21.8 Å². The molecule has 2 nitrogen and oxygen atoms in total. The lowest BCUT2D eigenvalue weighted by Gasteiger charge is -2.12. The van der Waals surface area contributed by atoms with E-state index in [0.29, 0.717) is 5.37 Å². The van der Waals surface area contributed by atoms with E-state index in [1.165, 1.54) is 0 Å². The van der Waals surface area contributed by atoms with Gasteiger partial charge in [-0.1, -0.05) is 0 Å². The first-order valence-electron chi connectivity index (χ1n) is 3.05. The summed E-state index contributed by atoms with van der Waals surface area (Å²) in [7, 11) is 1.85. The molecule has 0 bridgehead atoms. The molecular weight excluding hydrogens is 133 g/mol. The van der Waals surface area contributed by atoms with E-state index in [-0.39, 0.29) is 11.2 Å². The highest BCUT2D eigenvalue weighted by Crippen LogP contribution is 2.28. The highest BCUT2D eigenvalue weighted by molar-refractivity contribution is 8.01. The van der Waals surface area contributed by atoms with Crippen LogP contribution < -0.4 is 0 Å². The highest BCUT2D eigenvalue weighted by atomic mass is 32.2. The number of rotatable bonds is 0. The summed E-state index contributed by atoms with van der Waals surface area (Å²) in [6.07, 6.45) is 0. The average Bonchev–Trinajstić information content (AvgIpc) is 1.98. The number of thioether (sulfide) groups is 1. The second-order valence-corrected chi connectivity index (χ2v) is 3.99. The van der Waals surface area contributed by atoms with Gasteiger partial charge < -0.3 is 4.81 Å². The Kier molecular flexibility index (Phi) is 1.75. The second-order valence-electron chi connectivity index (χ2n) is 2.33. The first-order chi connectivity index (χ1) is 4.13. The van der Waals surface area contributed by atoms with Crippen LogP contribution in [0.1, 0.15) is 13.8 Å². The van der Waals surface area contributed by atoms with Crippen LogP contribution in [0, 0.1) is 0 Å². The van der Waals surface area contributed by atoms with Crippen molar-refractivity contribution in [2.24, 2.45) is 0 Å². The first kappa shape index (κ1) is 7.00. The summed E-state index contributed by atoms with van der Waals surface area (Å²) in [5.74, 6) is 0.257. The Morgan fingerprint density at radius 1 is 1.67 bits per heavy atom. The van der Waals surface area contributed by atoms with Gasteiger partial charge in [-0.05, 0) is 13.8 Å². The zero-order valence-electron chi connectivity index (χ0n) is 5.92. The van der Waals surface area contributed by atoms with Crippen molar-refractivity contribution in [3.63, 3.8) is 0 Å². The fraction of sp³-hybridized carbons (Fsp3) is 0.800. The molecule has 9 heavy (non-hydrogen) atoms. The van der Waals surface area contributed by atoms with Crippen molar-refractivity contribution in [3.8, 4) is 0 Å². The van der Waals surface area contributed by atoms with Gasteiger partial charge in [0.15, 0.2) is 0 Å². The molecule has 2 atom stereocenters. The molecular formula is C5H10BNOS. The van der Waals surface area contributed by atoms with Crippen molar-refractivity contribution in [1.29, 1.82) is 0 Å². The molecule has 0 saturated carbocycles. The van der Waals surface area contributed by atoms with Gasteiger partial charge in [0, 0.05) is 0 Å². The number of carbonyl (C=O) groups excluding carboxylic acids is 1. The van der Waals surface area contributed by atoms with Crippen LogP contribution in [-0.2, 0) is 4.79 Å². The van der Waals surface area contributed by atoms with Crippen LogP contribution in [0.2, 0.25) is 0 Å². The average molecular weight is 143 g/mol. The van der Waals surface area contributed by atoms with Crippen molar-refractivity contribution < 1.29 is 4.79 Å². The standard InChI is InChI=1S/C5H10BNOS/c1-3-5(8)7(6)4(2)9-3/h3-4H,6H2,1-2H3. The van der Waals surface area contributed by atoms with Crippen LogP contribution in [0.5, 0.6) is 0 Å². The quantitative estimate of drug-likeness (QED) is 0.439. The molecule has 1 fully saturated rings. The third-order valence-electron chi connectivity index (χ3n) is 1.64. The van der Waals surface area contributed by atoms with Crippen molar-refractivity contribution >= 4 is 25.7 Å². The van der Waals surface area contributed by atoms with Gasteiger partial charge in [-0.2, -0.15) is 0 Å². The molecule has 2 unspecified atom stereocenters. The Balaban J connectivity index is 2.65. The molecule has 50 valence electrons. The molecule has 4 heteroatoms. The van der Waals surface area contributed by atoms with Gasteiger partial charge in [0.2, 0.25) is 13.9 Å². The molecule has 0 aromatic rings. The lowest BCUT2D eigenvalue weighted by Crippen LogP contribution is -2.29. The molecule has 1 saturated heterocycles. The number of carbonyl (C=O) groups is 1.